The number of aromatic nitrogens is 1. The lowest BCUT2D eigenvalue weighted by atomic mass is 9.77. The van der Waals surface area contributed by atoms with E-state index in [4.69, 9.17) is 10.7 Å². The summed E-state index contributed by atoms with van der Waals surface area (Å²) in [6, 6.07) is 6.61. The highest BCUT2D eigenvalue weighted by Crippen LogP contribution is 2.44. The molecule has 0 aliphatic heterocycles. The van der Waals surface area contributed by atoms with Gasteiger partial charge in [0.1, 0.15) is 5.82 Å². The van der Waals surface area contributed by atoms with E-state index < -0.39 is 0 Å². The molecule has 0 radical (unpaired) electrons. The van der Waals surface area contributed by atoms with Crippen molar-refractivity contribution in [1.82, 2.24) is 4.98 Å². The predicted molar refractivity (Wildman–Crippen MR) is 85.6 cm³/mol. The second-order valence-electron chi connectivity index (χ2n) is 6.50. The summed E-state index contributed by atoms with van der Waals surface area (Å²) >= 11 is 1.62. The van der Waals surface area contributed by atoms with Crippen molar-refractivity contribution >= 4 is 22.2 Å². The van der Waals surface area contributed by atoms with Gasteiger partial charge in [-0.25, -0.2) is 9.37 Å². The SMILES string of the molecule is CN(c1cccc(F)c1)c1nc2c(s1)C(N)CC(C)(C)C2. The molecule has 2 aromatic rings. The van der Waals surface area contributed by atoms with Crippen molar-refractivity contribution < 1.29 is 4.39 Å². The minimum atomic E-state index is -0.237. The Hall–Kier alpha value is -1.46. The van der Waals surface area contributed by atoms with Crippen LogP contribution < -0.4 is 10.6 Å². The molecule has 112 valence electrons. The van der Waals surface area contributed by atoms with Gasteiger partial charge < -0.3 is 10.6 Å². The standard InChI is InChI=1S/C16H20FN3S/c1-16(2)8-12(18)14-13(9-16)19-15(21-14)20(3)11-6-4-5-10(17)7-11/h4-7,12H,8-9,18H2,1-3H3. The molecule has 0 saturated heterocycles. The topological polar surface area (TPSA) is 42.2 Å². The lowest BCUT2D eigenvalue weighted by molar-refractivity contribution is 0.282. The van der Waals surface area contributed by atoms with Crippen LogP contribution in [-0.4, -0.2) is 12.0 Å². The number of nitrogens with two attached hydrogens (primary N) is 1. The largest absolute Gasteiger partial charge is 0.323 e. The average Bonchev–Trinajstić information content (AvgIpc) is 2.80. The first-order valence-electron chi connectivity index (χ1n) is 7.10. The lowest BCUT2D eigenvalue weighted by Crippen LogP contribution is -2.28. The summed E-state index contributed by atoms with van der Waals surface area (Å²) in [5, 5.41) is 0.874. The van der Waals surface area contributed by atoms with E-state index in [0.717, 1.165) is 29.4 Å². The van der Waals surface area contributed by atoms with Crippen LogP contribution in [0.1, 0.15) is 36.9 Å². The Kier molecular flexibility index (Phi) is 3.50. The van der Waals surface area contributed by atoms with Crippen LogP contribution in [0.4, 0.5) is 15.2 Å². The minimum Gasteiger partial charge on any atom is -0.323 e. The number of nitrogens with zero attached hydrogens (tertiary/aromatic N) is 2. The first-order chi connectivity index (χ1) is 9.85. The Labute approximate surface area is 128 Å². The molecule has 0 bridgehead atoms. The number of halogens is 1. The van der Waals surface area contributed by atoms with Gasteiger partial charge in [-0.1, -0.05) is 31.3 Å². The monoisotopic (exact) mass is 305 g/mol. The molecule has 21 heavy (non-hydrogen) atoms. The number of anilines is 2. The van der Waals surface area contributed by atoms with E-state index in [9.17, 15) is 4.39 Å². The quantitative estimate of drug-likeness (QED) is 0.911. The fraction of sp³-hybridized carbons (Fsp3) is 0.438. The van der Waals surface area contributed by atoms with Crippen LogP contribution >= 0.6 is 11.3 Å². The molecule has 0 spiro atoms. The number of benzene rings is 1. The first kappa shape index (κ1) is 14.5. The maximum absolute atomic E-state index is 13.4. The first-order valence-corrected chi connectivity index (χ1v) is 7.92. The van der Waals surface area contributed by atoms with E-state index in [1.54, 1.807) is 17.4 Å². The Bertz CT molecular complexity index is 665. The van der Waals surface area contributed by atoms with Crippen LogP contribution in [0.25, 0.3) is 0 Å². The lowest BCUT2D eigenvalue weighted by Gasteiger charge is -2.32. The molecule has 0 saturated carbocycles. The third-order valence-electron chi connectivity index (χ3n) is 3.95. The van der Waals surface area contributed by atoms with Crippen molar-refractivity contribution in [1.29, 1.82) is 0 Å². The fourth-order valence-corrected chi connectivity index (χ4v) is 3.98. The maximum atomic E-state index is 13.4. The predicted octanol–water partition coefficient (Wildman–Crippen LogP) is 4.02. The van der Waals surface area contributed by atoms with Crippen LogP contribution in [0.15, 0.2) is 24.3 Å². The van der Waals surface area contributed by atoms with E-state index in [2.05, 4.69) is 13.8 Å². The van der Waals surface area contributed by atoms with E-state index in [0.29, 0.717) is 0 Å². The normalized spacial score (nSPS) is 20.1. The van der Waals surface area contributed by atoms with Crippen molar-refractivity contribution in [3.8, 4) is 0 Å². The van der Waals surface area contributed by atoms with Gasteiger partial charge in [-0.3, -0.25) is 0 Å². The van der Waals surface area contributed by atoms with Crippen LogP contribution in [-0.2, 0) is 6.42 Å². The molecule has 0 fully saturated rings. The number of rotatable bonds is 2. The highest BCUT2D eigenvalue weighted by Gasteiger charge is 2.33. The van der Waals surface area contributed by atoms with Gasteiger partial charge >= 0.3 is 0 Å². The molecule has 5 heteroatoms. The van der Waals surface area contributed by atoms with Crippen molar-refractivity contribution in [2.45, 2.75) is 32.7 Å². The summed E-state index contributed by atoms with van der Waals surface area (Å²) in [7, 11) is 1.91. The van der Waals surface area contributed by atoms with Gasteiger partial charge in [-0.2, -0.15) is 0 Å². The van der Waals surface area contributed by atoms with Gasteiger partial charge in [-0.15, -0.1) is 0 Å². The van der Waals surface area contributed by atoms with Gasteiger partial charge in [0.25, 0.3) is 0 Å². The molecular formula is C16H20FN3S. The maximum Gasteiger partial charge on any atom is 0.190 e. The van der Waals surface area contributed by atoms with Crippen LogP contribution in [0.5, 0.6) is 0 Å². The van der Waals surface area contributed by atoms with E-state index in [1.807, 2.05) is 18.0 Å². The second-order valence-corrected chi connectivity index (χ2v) is 7.51. The molecule has 1 aliphatic carbocycles. The van der Waals surface area contributed by atoms with Crippen LogP contribution in [0.2, 0.25) is 0 Å². The summed E-state index contributed by atoms with van der Waals surface area (Å²) < 4.78 is 13.4. The Balaban J connectivity index is 1.95. The zero-order chi connectivity index (χ0) is 15.2. The Morgan fingerprint density at radius 3 is 2.90 bits per heavy atom. The summed E-state index contributed by atoms with van der Waals surface area (Å²) in [6.45, 7) is 4.45. The van der Waals surface area contributed by atoms with Crippen molar-refractivity contribution in [3.05, 3.63) is 40.7 Å². The Morgan fingerprint density at radius 2 is 2.19 bits per heavy atom. The molecule has 1 atom stereocenters. The minimum absolute atomic E-state index is 0.0518. The molecule has 0 amide bonds. The highest BCUT2D eigenvalue weighted by atomic mass is 32.1. The Morgan fingerprint density at radius 1 is 1.43 bits per heavy atom. The van der Waals surface area contributed by atoms with Crippen LogP contribution in [0.3, 0.4) is 0 Å². The third-order valence-corrected chi connectivity index (χ3v) is 5.26. The summed E-state index contributed by atoms with van der Waals surface area (Å²) in [5.41, 5.74) is 8.38. The van der Waals surface area contributed by atoms with Crippen molar-refractivity contribution in [2.24, 2.45) is 11.1 Å². The zero-order valence-corrected chi connectivity index (χ0v) is 13.4. The molecule has 1 heterocycles. The number of thiazole rings is 1. The fourth-order valence-electron chi connectivity index (χ4n) is 2.92. The molecule has 3 rings (SSSR count). The molecular weight excluding hydrogens is 285 g/mol. The van der Waals surface area contributed by atoms with Gasteiger partial charge in [0, 0.05) is 23.7 Å². The highest BCUT2D eigenvalue weighted by molar-refractivity contribution is 7.15. The molecule has 1 aromatic heterocycles. The smallest absolute Gasteiger partial charge is 0.190 e. The van der Waals surface area contributed by atoms with E-state index in [1.165, 1.54) is 17.0 Å². The summed E-state index contributed by atoms with van der Waals surface area (Å²) in [4.78, 5) is 7.84. The number of hydrogen-bond acceptors (Lipinski definition) is 4. The second kappa shape index (κ2) is 5.07. The van der Waals surface area contributed by atoms with Gasteiger partial charge in [-0.05, 0) is 36.5 Å². The van der Waals surface area contributed by atoms with Crippen LogP contribution in [0, 0.1) is 11.2 Å². The molecule has 1 unspecified atom stereocenters. The molecule has 1 aromatic carbocycles. The van der Waals surface area contributed by atoms with E-state index in [-0.39, 0.29) is 17.3 Å². The van der Waals surface area contributed by atoms with Crippen molar-refractivity contribution in [3.63, 3.8) is 0 Å². The van der Waals surface area contributed by atoms with E-state index >= 15 is 0 Å². The number of fused-ring (bicyclic) bond motifs is 1. The zero-order valence-electron chi connectivity index (χ0n) is 12.6. The molecule has 2 N–H and O–H groups in total. The number of hydrogen-bond donors (Lipinski definition) is 1. The summed E-state index contributed by atoms with van der Waals surface area (Å²) in [6.07, 6.45) is 1.93. The summed E-state index contributed by atoms with van der Waals surface area (Å²) in [5.74, 6) is -0.237. The van der Waals surface area contributed by atoms with Gasteiger partial charge in [0.2, 0.25) is 0 Å². The molecule has 3 nitrogen and oxygen atoms in total. The third kappa shape index (κ3) is 2.80. The van der Waals surface area contributed by atoms with Gasteiger partial charge in [0.05, 0.1) is 5.69 Å². The van der Waals surface area contributed by atoms with Gasteiger partial charge in [0.15, 0.2) is 5.13 Å². The average molecular weight is 305 g/mol. The van der Waals surface area contributed by atoms with Crippen molar-refractivity contribution in [2.75, 3.05) is 11.9 Å². The molecule has 1 aliphatic rings.